The Balaban J connectivity index is 1.93. The molecule has 1 fully saturated rings. The molecule has 0 atom stereocenters. The lowest BCUT2D eigenvalue weighted by Gasteiger charge is -2.21. The van der Waals surface area contributed by atoms with E-state index in [9.17, 15) is 9.18 Å². The first-order valence-electron chi connectivity index (χ1n) is 6.29. The largest absolute Gasteiger partial charge is 0.462 e. The zero-order valence-corrected chi connectivity index (χ0v) is 10.9. The zero-order valence-electron chi connectivity index (χ0n) is 10.1. The van der Waals surface area contributed by atoms with Gasteiger partial charge in [-0.05, 0) is 30.9 Å². The van der Waals surface area contributed by atoms with Crippen LogP contribution < -0.4 is 0 Å². The number of carbonyl (C=O) groups excluding carboxylic acids is 1. The minimum Gasteiger partial charge on any atom is -0.462 e. The third-order valence-electron chi connectivity index (χ3n) is 3.35. The van der Waals surface area contributed by atoms with Gasteiger partial charge in [-0.3, -0.25) is 0 Å². The fourth-order valence-corrected chi connectivity index (χ4v) is 2.46. The Kier molecular flexibility index (Phi) is 4.59. The lowest BCUT2D eigenvalue weighted by molar-refractivity contribution is 0.0405. The van der Waals surface area contributed by atoms with Crippen LogP contribution in [-0.4, -0.2) is 12.6 Å². The highest BCUT2D eigenvalue weighted by molar-refractivity contribution is 6.31. The van der Waals surface area contributed by atoms with E-state index in [1.54, 1.807) is 6.07 Å². The van der Waals surface area contributed by atoms with Gasteiger partial charge in [0, 0.05) is 0 Å². The van der Waals surface area contributed by atoms with Gasteiger partial charge in [0.15, 0.2) is 5.82 Å². The molecule has 0 aromatic heterocycles. The molecule has 0 spiro atoms. The molecule has 0 radical (unpaired) electrons. The number of benzene rings is 1. The van der Waals surface area contributed by atoms with Gasteiger partial charge in [-0.25, -0.2) is 9.18 Å². The maximum absolute atomic E-state index is 13.6. The predicted octanol–water partition coefficient (Wildman–Crippen LogP) is 4.22. The molecule has 0 saturated heterocycles. The molecule has 18 heavy (non-hydrogen) atoms. The molecule has 1 aliphatic carbocycles. The molecule has 2 nitrogen and oxygen atoms in total. The smallest absolute Gasteiger partial charge is 0.341 e. The third-order valence-corrected chi connectivity index (χ3v) is 3.64. The summed E-state index contributed by atoms with van der Waals surface area (Å²) in [5.74, 6) is -0.904. The molecule has 0 amide bonds. The van der Waals surface area contributed by atoms with E-state index in [4.69, 9.17) is 16.3 Å². The van der Waals surface area contributed by atoms with Crippen molar-refractivity contribution in [1.29, 1.82) is 0 Å². The van der Waals surface area contributed by atoms with Crippen molar-refractivity contribution < 1.29 is 13.9 Å². The number of rotatable bonds is 3. The van der Waals surface area contributed by atoms with Crippen LogP contribution in [0.2, 0.25) is 5.02 Å². The normalized spacial score (nSPS) is 16.6. The lowest BCUT2D eigenvalue weighted by Crippen LogP contribution is -2.17. The van der Waals surface area contributed by atoms with Crippen LogP contribution in [-0.2, 0) is 4.74 Å². The number of hydrogen-bond donors (Lipinski definition) is 0. The molecule has 1 aliphatic rings. The maximum Gasteiger partial charge on any atom is 0.341 e. The second-order valence-corrected chi connectivity index (χ2v) is 5.11. The van der Waals surface area contributed by atoms with Crippen LogP contribution in [0.1, 0.15) is 42.5 Å². The molecular formula is C14H16ClFO2. The lowest BCUT2D eigenvalue weighted by atomic mass is 9.90. The molecule has 1 aromatic carbocycles. The number of halogens is 2. The fraction of sp³-hybridized carbons (Fsp3) is 0.500. The van der Waals surface area contributed by atoms with Crippen molar-refractivity contribution >= 4 is 17.6 Å². The van der Waals surface area contributed by atoms with Crippen molar-refractivity contribution in [2.45, 2.75) is 32.1 Å². The first kappa shape index (κ1) is 13.3. The minimum absolute atomic E-state index is 0.0536. The number of hydrogen-bond acceptors (Lipinski definition) is 2. The topological polar surface area (TPSA) is 26.3 Å². The molecule has 2 rings (SSSR count). The summed E-state index contributed by atoms with van der Waals surface area (Å²) in [5, 5.41) is -0.0536. The second kappa shape index (κ2) is 6.19. The van der Waals surface area contributed by atoms with Gasteiger partial charge < -0.3 is 4.74 Å². The van der Waals surface area contributed by atoms with Gasteiger partial charge in [-0.2, -0.15) is 0 Å². The van der Waals surface area contributed by atoms with Gasteiger partial charge in [-0.15, -0.1) is 0 Å². The van der Waals surface area contributed by atoms with Crippen LogP contribution in [0.25, 0.3) is 0 Å². The molecule has 0 unspecified atom stereocenters. The molecule has 0 aliphatic heterocycles. The number of esters is 1. The van der Waals surface area contributed by atoms with E-state index in [0.717, 1.165) is 12.8 Å². The van der Waals surface area contributed by atoms with Crippen molar-refractivity contribution in [3.8, 4) is 0 Å². The van der Waals surface area contributed by atoms with E-state index in [-0.39, 0.29) is 10.6 Å². The van der Waals surface area contributed by atoms with E-state index in [2.05, 4.69) is 0 Å². The highest BCUT2D eigenvalue weighted by Crippen LogP contribution is 2.24. The van der Waals surface area contributed by atoms with Gasteiger partial charge >= 0.3 is 5.97 Å². The van der Waals surface area contributed by atoms with Gasteiger partial charge in [-0.1, -0.05) is 36.9 Å². The molecular weight excluding hydrogens is 255 g/mol. The van der Waals surface area contributed by atoms with Crippen molar-refractivity contribution in [1.82, 2.24) is 0 Å². The second-order valence-electron chi connectivity index (χ2n) is 4.70. The van der Waals surface area contributed by atoms with Crippen molar-refractivity contribution in [3.63, 3.8) is 0 Å². The molecule has 4 heteroatoms. The van der Waals surface area contributed by atoms with Gasteiger partial charge in [0.25, 0.3) is 0 Å². The average molecular weight is 271 g/mol. The Hall–Kier alpha value is -1.09. The van der Waals surface area contributed by atoms with Crippen molar-refractivity contribution in [2.24, 2.45) is 5.92 Å². The summed E-state index contributed by atoms with van der Waals surface area (Å²) in [6, 6.07) is 4.35. The van der Waals surface area contributed by atoms with Crippen molar-refractivity contribution in [3.05, 3.63) is 34.6 Å². The summed E-state index contributed by atoms with van der Waals surface area (Å²) in [6.45, 7) is 0.380. The predicted molar refractivity (Wildman–Crippen MR) is 68.3 cm³/mol. The average Bonchev–Trinajstić information content (AvgIpc) is 2.40. The van der Waals surface area contributed by atoms with Gasteiger partial charge in [0.05, 0.1) is 17.2 Å². The maximum atomic E-state index is 13.6. The van der Waals surface area contributed by atoms with Crippen LogP contribution >= 0.6 is 11.6 Å². The SMILES string of the molecule is O=C(OCC1CCCCC1)c1cccc(Cl)c1F. The molecule has 1 aromatic rings. The number of ether oxygens (including phenoxy) is 1. The minimum atomic E-state index is -0.701. The van der Waals surface area contributed by atoms with E-state index in [1.807, 2.05) is 0 Å². The monoisotopic (exact) mass is 270 g/mol. The number of carbonyl (C=O) groups is 1. The van der Waals surface area contributed by atoms with Crippen molar-refractivity contribution in [2.75, 3.05) is 6.61 Å². The van der Waals surface area contributed by atoms with E-state index in [0.29, 0.717) is 12.5 Å². The Morgan fingerprint density at radius 2 is 2.06 bits per heavy atom. The van der Waals surface area contributed by atoms with Crippen LogP contribution in [0.4, 0.5) is 4.39 Å². The van der Waals surface area contributed by atoms with E-state index in [1.165, 1.54) is 31.4 Å². The molecule has 0 N–H and O–H groups in total. The Bertz CT molecular complexity index is 428. The molecule has 0 heterocycles. The van der Waals surface area contributed by atoms with Crippen LogP contribution in [0.3, 0.4) is 0 Å². The van der Waals surface area contributed by atoms with E-state index >= 15 is 0 Å². The van der Waals surface area contributed by atoms with E-state index < -0.39 is 11.8 Å². The van der Waals surface area contributed by atoms with Gasteiger partial charge in [0.1, 0.15) is 0 Å². The molecule has 1 saturated carbocycles. The Morgan fingerprint density at radius 1 is 1.33 bits per heavy atom. The summed E-state index contributed by atoms with van der Waals surface area (Å²) in [4.78, 5) is 11.7. The Morgan fingerprint density at radius 3 is 2.78 bits per heavy atom. The highest BCUT2D eigenvalue weighted by Gasteiger charge is 2.19. The highest BCUT2D eigenvalue weighted by atomic mass is 35.5. The first-order chi connectivity index (χ1) is 8.68. The summed E-state index contributed by atoms with van der Waals surface area (Å²) in [5.41, 5.74) is -0.0849. The van der Waals surface area contributed by atoms with Crippen LogP contribution in [0.5, 0.6) is 0 Å². The summed E-state index contributed by atoms with van der Waals surface area (Å²) in [7, 11) is 0. The molecule has 98 valence electrons. The quantitative estimate of drug-likeness (QED) is 0.769. The van der Waals surface area contributed by atoms with Crippen LogP contribution in [0, 0.1) is 11.7 Å². The standard InChI is InChI=1S/C14H16ClFO2/c15-12-8-4-7-11(13(12)16)14(17)18-9-10-5-2-1-3-6-10/h4,7-8,10H,1-3,5-6,9H2. The summed E-state index contributed by atoms with van der Waals surface area (Å²) in [6.07, 6.45) is 5.81. The summed E-state index contributed by atoms with van der Waals surface area (Å²) >= 11 is 5.62. The Labute approximate surface area is 111 Å². The van der Waals surface area contributed by atoms with Gasteiger partial charge in [0.2, 0.25) is 0 Å². The zero-order chi connectivity index (χ0) is 13.0. The summed E-state index contributed by atoms with van der Waals surface area (Å²) < 4.78 is 18.8. The third kappa shape index (κ3) is 3.22. The first-order valence-corrected chi connectivity index (χ1v) is 6.67. The van der Waals surface area contributed by atoms with Crippen LogP contribution in [0.15, 0.2) is 18.2 Å². The fourth-order valence-electron chi connectivity index (χ4n) is 2.29. The molecule has 0 bridgehead atoms.